The molecule has 0 bridgehead atoms. The molecule has 1 rings (SSSR count). The number of nitrogens with zero attached hydrogens (tertiary/aromatic N) is 2. The summed E-state index contributed by atoms with van der Waals surface area (Å²) < 4.78 is 26.0. The van der Waals surface area contributed by atoms with Gasteiger partial charge in [-0.25, -0.2) is 13.8 Å². The molecule has 0 amide bonds. The summed E-state index contributed by atoms with van der Waals surface area (Å²) in [6, 6.07) is -0.724. The Hall–Kier alpha value is -0.970. The number of hydrogen-bond acceptors (Lipinski definition) is 2. The number of hydrogen-bond donors (Lipinski definition) is 1. The van der Waals surface area contributed by atoms with Crippen LogP contribution in [0.25, 0.3) is 0 Å². The highest BCUT2D eigenvalue weighted by Crippen LogP contribution is 1.99. The molecule has 0 radical (unpaired) electrons. The van der Waals surface area contributed by atoms with Gasteiger partial charge in [0.2, 0.25) is 0 Å². The summed E-state index contributed by atoms with van der Waals surface area (Å²) in [5.41, 5.74) is 0. The van der Waals surface area contributed by atoms with Crippen molar-refractivity contribution in [1.82, 2.24) is 14.9 Å². The van der Waals surface area contributed by atoms with Crippen LogP contribution in [0.1, 0.15) is 13.3 Å². The summed E-state index contributed by atoms with van der Waals surface area (Å²) in [7, 11) is 0. The van der Waals surface area contributed by atoms with Gasteiger partial charge in [0.1, 0.15) is 0 Å². The van der Waals surface area contributed by atoms with E-state index in [2.05, 4.69) is 10.3 Å². The lowest BCUT2D eigenvalue weighted by atomic mass is 10.3. The molecule has 0 aliphatic heterocycles. The maximum atomic E-state index is 12.1. The van der Waals surface area contributed by atoms with Crippen LogP contribution in [0.15, 0.2) is 18.7 Å². The van der Waals surface area contributed by atoms with Crippen molar-refractivity contribution >= 4 is 0 Å². The van der Waals surface area contributed by atoms with Crippen molar-refractivity contribution in [3.05, 3.63) is 18.7 Å². The third-order valence-electron chi connectivity index (χ3n) is 2.00. The number of alkyl halides is 2. The molecule has 1 atom stereocenters. The van der Waals surface area contributed by atoms with Crippen LogP contribution in [0.5, 0.6) is 0 Å². The van der Waals surface area contributed by atoms with Crippen molar-refractivity contribution in [2.75, 3.05) is 6.54 Å². The highest BCUT2D eigenvalue weighted by molar-refractivity contribution is 4.74. The number of aromatic nitrogens is 2. The van der Waals surface area contributed by atoms with Crippen LogP contribution in [0.2, 0.25) is 0 Å². The molecule has 1 heterocycles. The molecule has 5 heteroatoms. The molecule has 14 heavy (non-hydrogen) atoms. The molecule has 0 aliphatic carbocycles. The Labute approximate surface area is 82.1 Å². The molecule has 0 saturated carbocycles. The monoisotopic (exact) mass is 203 g/mol. The number of aryl methyl sites for hydroxylation is 1. The molecule has 0 spiro atoms. The summed E-state index contributed by atoms with van der Waals surface area (Å²) in [4.78, 5) is 3.89. The minimum Gasteiger partial charge on any atom is -0.337 e. The van der Waals surface area contributed by atoms with Crippen molar-refractivity contribution < 1.29 is 8.78 Å². The van der Waals surface area contributed by atoms with Gasteiger partial charge in [-0.2, -0.15) is 0 Å². The minimum atomic E-state index is -2.29. The smallest absolute Gasteiger partial charge is 0.253 e. The summed E-state index contributed by atoms with van der Waals surface area (Å²) in [5, 5.41) is 2.76. The van der Waals surface area contributed by atoms with E-state index >= 15 is 0 Å². The molecule has 1 N–H and O–H groups in total. The standard InChI is InChI=1S/C9H15F2N3/c1-8(9(10)11)13-3-2-5-14-6-4-12-7-14/h4,6-9,13H,2-3,5H2,1H3. The quantitative estimate of drug-likeness (QED) is 0.710. The van der Waals surface area contributed by atoms with Gasteiger partial charge in [0.25, 0.3) is 6.43 Å². The van der Waals surface area contributed by atoms with E-state index in [0.717, 1.165) is 13.0 Å². The molecule has 0 saturated heterocycles. The molecule has 3 nitrogen and oxygen atoms in total. The van der Waals surface area contributed by atoms with Crippen molar-refractivity contribution in [2.24, 2.45) is 0 Å². The van der Waals surface area contributed by atoms with Gasteiger partial charge in [0.05, 0.1) is 12.4 Å². The van der Waals surface area contributed by atoms with Gasteiger partial charge >= 0.3 is 0 Å². The van der Waals surface area contributed by atoms with Crippen LogP contribution in [0.3, 0.4) is 0 Å². The number of nitrogens with one attached hydrogen (secondary N) is 1. The first-order chi connectivity index (χ1) is 6.70. The summed E-state index contributed by atoms with van der Waals surface area (Å²) in [6.45, 7) is 2.90. The van der Waals surface area contributed by atoms with Crippen molar-refractivity contribution in [1.29, 1.82) is 0 Å². The second-order valence-electron chi connectivity index (χ2n) is 3.23. The average Bonchev–Trinajstić information content (AvgIpc) is 2.64. The highest BCUT2D eigenvalue weighted by Gasteiger charge is 2.12. The van der Waals surface area contributed by atoms with Gasteiger partial charge in [-0.05, 0) is 19.9 Å². The van der Waals surface area contributed by atoms with E-state index in [0.29, 0.717) is 6.54 Å². The van der Waals surface area contributed by atoms with Crippen LogP contribution < -0.4 is 5.32 Å². The Bertz CT molecular complexity index is 236. The number of imidazole rings is 1. The van der Waals surface area contributed by atoms with E-state index in [1.807, 2.05) is 10.8 Å². The first-order valence-electron chi connectivity index (χ1n) is 4.67. The fourth-order valence-corrected chi connectivity index (χ4v) is 1.10. The zero-order chi connectivity index (χ0) is 10.4. The Morgan fingerprint density at radius 2 is 2.29 bits per heavy atom. The molecule has 0 fully saturated rings. The van der Waals surface area contributed by atoms with Crippen LogP contribution >= 0.6 is 0 Å². The molecule has 1 aromatic rings. The summed E-state index contributed by atoms with van der Waals surface area (Å²) in [5.74, 6) is 0. The van der Waals surface area contributed by atoms with E-state index < -0.39 is 12.5 Å². The second kappa shape index (κ2) is 5.70. The zero-order valence-corrected chi connectivity index (χ0v) is 8.16. The van der Waals surface area contributed by atoms with Crippen molar-refractivity contribution in [2.45, 2.75) is 32.4 Å². The van der Waals surface area contributed by atoms with Crippen LogP contribution in [0, 0.1) is 0 Å². The third-order valence-corrected chi connectivity index (χ3v) is 2.00. The number of rotatable bonds is 6. The SMILES string of the molecule is CC(NCCCn1ccnc1)C(F)F. The van der Waals surface area contributed by atoms with Gasteiger partial charge in [-0.1, -0.05) is 0 Å². The predicted octanol–water partition coefficient (Wildman–Crippen LogP) is 1.52. The predicted molar refractivity (Wildman–Crippen MR) is 50.3 cm³/mol. The zero-order valence-electron chi connectivity index (χ0n) is 8.16. The Balaban J connectivity index is 2.05. The first-order valence-corrected chi connectivity index (χ1v) is 4.67. The van der Waals surface area contributed by atoms with Gasteiger partial charge in [-0.15, -0.1) is 0 Å². The largest absolute Gasteiger partial charge is 0.337 e. The highest BCUT2D eigenvalue weighted by atomic mass is 19.3. The van der Waals surface area contributed by atoms with Crippen LogP contribution in [-0.4, -0.2) is 28.6 Å². The van der Waals surface area contributed by atoms with Gasteiger partial charge in [0, 0.05) is 18.9 Å². The fourth-order valence-electron chi connectivity index (χ4n) is 1.10. The van der Waals surface area contributed by atoms with Crippen LogP contribution in [-0.2, 0) is 6.54 Å². The van der Waals surface area contributed by atoms with E-state index in [-0.39, 0.29) is 0 Å². The van der Waals surface area contributed by atoms with Gasteiger partial charge in [-0.3, -0.25) is 0 Å². The van der Waals surface area contributed by atoms with Crippen LogP contribution in [0.4, 0.5) is 8.78 Å². The molecule has 0 aromatic carbocycles. The fraction of sp³-hybridized carbons (Fsp3) is 0.667. The topological polar surface area (TPSA) is 29.9 Å². The normalized spacial score (nSPS) is 13.4. The van der Waals surface area contributed by atoms with E-state index in [1.54, 1.807) is 12.5 Å². The lowest BCUT2D eigenvalue weighted by molar-refractivity contribution is 0.106. The molecular formula is C9H15F2N3. The van der Waals surface area contributed by atoms with Gasteiger partial charge in [0.15, 0.2) is 0 Å². The van der Waals surface area contributed by atoms with E-state index in [9.17, 15) is 8.78 Å². The van der Waals surface area contributed by atoms with Crippen molar-refractivity contribution in [3.63, 3.8) is 0 Å². The molecule has 80 valence electrons. The van der Waals surface area contributed by atoms with E-state index in [4.69, 9.17) is 0 Å². The lowest BCUT2D eigenvalue weighted by Crippen LogP contribution is -2.33. The minimum absolute atomic E-state index is 0.601. The maximum absolute atomic E-state index is 12.1. The summed E-state index contributed by atoms with van der Waals surface area (Å²) in [6.07, 6.45) is 3.82. The third kappa shape index (κ3) is 3.83. The molecule has 1 aromatic heterocycles. The molecule has 0 aliphatic rings. The Morgan fingerprint density at radius 1 is 1.50 bits per heavy atom. The summed E-state index contributed by atoms with van der Waals surface area (Å²) >= 11 is 0. The average molecular weight is 203 g/mol. The molecular weight excluding hydrogens is 188 g/mol. The van der Waals surface area contributed by atoms with Crippen molar-refractivity contribution in [3.8, 4) is 0 Å². The Kier molecular flexibility index (Phi) is 4.52. The first kappa shape index (κ1) is 11.1. The lowest BCUT2D eigenvalue weighted by Gasteiger charge is -2.12. The number of halogens is 2. The van der Waals surface area contributed by atoms with Gasteiger partial charge < -0.3 is 9.88 Å². The van der Waals surface area contributed by atoms with E-state index in [1.165, 1.54) is 6.92 Å². The Morgan fingerprint density at radius 3 is 2.86 bits per heavy atom. The molecule has 1 unspecified atom stereocenters. The second-order valence-corrected chi connectivity index (χ2v) is 3.23. The maximum Gasteiger partial charge on any atom is 0.253 e.